The molecule has 1 aliphatic rings. The van der Waals surface area contributed by atoms with Gasteiger partial charge in [-0.3, -0.25) is 4.79 Å². The van der Waals surface area contributed by atoms with E-state index in [0.717, 1.165) is 34.9 Å². The van der Waals surface area contributed by atoms with Crippen molar-refractivity contribution in [3.05, 3.63) is 55.3 Å². The van der Waals surface area contributed by atoms with Crippen molar-refractivity contribution in [1.29, 1.82) is 0 Å². The van der Waals surface area contributed by atoms with Gasteiger partial charge in [0, 0.05) is 46.8 Å². The van der Waals surface area contributed by atoms with Crippen molar-refractivity contribution < 1.29 is 8.91 Å². The topological polar surface area (TPSA) is 111 Å². The zero-order valence-electron chi connectivity index (χ0n) is 19.6. The summed E-state index contributed by atoms with van der Waals surface area (Å²) in [7, 11) is 1.26. The third-order valence-electron chi connectivity index (χ3n) is 4.98. The molecular weight excluding hydrogens is 414 g/mol. The number of rotatable bonds is 5. The first kappa shape index (κ1) is 16.1. The van der Waals surface area contributed by atoms with Gasteiger partial charge in [-0.15, -0.1) is 11.3 Å². The Morgan fingerprint density at radius 1 is 1.45 bits per heavy atom. The van der Waals surface area contributed by atoms with E-state index in [0.29, 0.717) is 44.1 Å². The van der Waals surface area contributed by atoms with Gasteiger partial charge in [0.1, 0.15) is 5.82 Å². The fourth-order valence-corrected chi connectivity index (χ4v) is 4.10. The molecule has 0 spiro atoms. The van der Waals surface area contributed by atoms with Crippen LogP contribution in [0.3, 0.4) is 0 Å². The average molecular weight is 439 g/mol. The molecule has 3 N–H and O–H groups in total. The number of aromatic amines is 2. The van der Waals surface area contributed by atoms with Crippen LogP contribution in [0.2, 0.25) is 0 Å². The number of carbonyl (C=O) groups excluding carboxylic acids is 1. The second kappa shape index (κ2) is 7.24. The molecule has 0 unspecified atom stereocenters. The summed E-state index contributed by atoms with van der Waals surface area (Å²) in [5.74, 6) is 0.171. The molecule has 1 fully saturated rings. The fourth-order valence-electron chi connectivity index (χ4n) is 3.23. The van der Waals surface area contributed by atoms with E-state index in [4.69, 9.17) is 9.10 Å². The molecule has 1 saturated carbocycles. The van der Waals surface area contributed by atoms with Crippen LogP contribution in [-0.2, 0) is 0 Å². The van der Waals surface area contributed by atoms with Crippen molar-refractivity contribution >= 4 is 41.4 Å². The lowest BCUT2D eigenvalue weighted by molar-refractivity contribution is 0.0832. The van der Waals surface area contributed by atoms with Crippen LogP contribution in [0.25, 0.3) is 29.6 Å². The zero-order chi connectivity index (χ0) is 24.2. The highest BCUT2D eigenvalue weighted by Crippen LogP contribution is 2.31. The fraction of sp³-hybridized carbons (Fsp3) is 0.238. The number of aromatic nitrogens is 5. The van der Waals surface area contributed by atoms with Crippen LogP contribution in [0.15, 0.2) is 28.5 Å². The van der Waals surface area contributed by atoms with Crippen LogP contribution in [0.1, 0.15) is 32.2 Å². The number of fused-ring (bicyclic) bond motifs is 1. The van der Waals surface area contributed by atoms with E-state index in [-0.39, 0.29) is 5.69 Å². The maximum Gasteiger partial charge on any atom is 0.323 e. The van der Waals surface area contributed by atoms with Crippen molar-refractivity contribution in [3.8, 4) is 11.3 Å². The normalized spacial score (nSPS) is 16.2. The van der Waals surface area contributed by atoms with E-state index in [2.05, 4.69) is 27.0 Å². The molecule has 31 heavy (non-hydrogen) atoms. The molecule has 4 aromatic heterocycles. The highest BCUT2D eigenvalue weighted by atomic mass is 32.1. The number of H-pyrrole nitrogens is 2. The number of amides is 1. The minimum absolute atomic E-state index is 0.305. The molecule has 1 amide bonds. The third kappa shape index (κ3) is 3.66. The zero-order valence-corrected chi connectivity index (χ0v) is 17.4. The molecule has 5 rings (SSSR count). The van der Waals surface area contributed by atoms with Crippen LogP contribution in [-0.4, -0.2) is 55.4 Å². The van der Waals surface area contributed by atoms with Gasteiger partial charge < -0.3 is 20.2 Å². The number of nitrogens with one attached hydrogen (secondary N) is 3. The van der Waals surface area contributed by atoms with Crippen LogP contribution in [0.5, 0.6) is 0 Å². The lowest BCUT2D eigenvalue weighted by Gasteiger charge is -2.09. The molecule has 158 valence electrons. The number of hydrogen-bond donors (Lipinski definition) is 3. The van der Waals surface area contributed by atoms with E-state index < -0.39 is 12.9 Å². The van der Waals surface area contributed by atoms with Crippen molar-refractivity contribution in [2.45, 2.75) is 18.9 Å². The highest BCUT2D eigenvalue weighted by Gasteiger charge is 2.23. The summed E-state index contributed by atoms with van der Waals surface area (Å²) in [6, 6.07) is 3.86. The Bertz CT molecular complexity index is 1580. The quantitative estimate of drug-likeness (QED) is 0.430. The third-order valence-corrected chi connectivity index (χ3v) is 5.89. The first-order chi connectivity index (χ1) is 16.1. The van der Waals surface area contributed by atoms with Gasteiger partial charge in [0.25, 0.3) is 5.91 Å². The molecule has 0 aromatic carbocycles. The standard InChI is InChI=1S/C21H21N7O2S/c1-11-15(26-21(30)23-11)6-12-9-22-28-18(24-14-4-5-14)8-16(25-19(12)28)13-7-17(31-10-13)20(29)27(2)3/h6-10,14,24H,1,4-5H2,2-3H3,(H2,23,26,30)/b15-6-/i2D3. The van der Waals surface area contributed by atoms with Gasteiger partial charge in [-0.25, -0.2) is 9.78 Å². The molecule has 1 aliphatic carbocycles. The van der Waals surface area contributed by atoms with Crippen molar-refractivity contribution in [3.63, 3.8) is 0 Å². The molecule has 0 bridgehead atoms. The maximum absolute atomic E-state index is 12.6. The van der Waals surface area contributed by atoms with E-state index in [1.54, 1.807) is 28.2 Å². The summed E-state index contributed by atoms with van der Waals surface area (Å²) in [5.41, 5.74) is 2.17. The predicted molar refractivity (Wildman–Crippen MR) is 121 cm³/mol. The molecule has 4 aromatic rings. The summed E-state index contributed by atoms with van der Waals surface area (Å²) in [6.45, 7) is 1.31. The van der Waals surface area contributed by atoms with E-state index in [9.17, 15) is 9.59 Å². The van der Waals surface area contributed by atoms with Gasteiger partial charge in [-0.05, 0) is 25.0 Å². The van der Waals surface area contributed by atoms with Gasteiger partial charge in [0.15, 0.2) is 5.65 Å². The Labute approximate surface area is 185 Å². The number of carbonyl (C=O) groups is 1. The Hall–Kier alpha value is -3.66. The molecule has 4 heterocycles. The van der Waals surface area contributed by atoms with Gasteiger partial charge in [-0.2, -0.15) is 9.61 Å². The minimum atomic E-state index is -2.52. The van der Waals surface area contributed by atoms with Crippen LogP contribution >= 0.6 is 11.3 Å². The first-order valence-electron chi connectivity index (χ1n) is 11.1. The van der Waals surface area contributed by atoms with Gasteiger partial charge in [-0.1, -0.05) is 6.58 Å². The highest BCUT2D eigenvalue weighted by molar-refractivity contribution is 7.12. The van der Waals surface area contributed by atoms with Crippen LogP contribution < -0.4 is 21.7 Å². The van der Waals surface area contributed by atoms with Crippen LogP contribution in [0.4, 0.5) is 5.82 Å². The first-order valence-corrected chi connectivity index (χ1v) is 10.5. The lowest BCUT2D eigenvalue weighted by atomic mass is 10.2. The second-order valence-electron chi connectivity index (χ2n) is 7.46. The summed E-state index contributed by atoms with van der Waals surface area (Å²) in [5, 5.41) is 10.7. The molecular formula is C21H21N7O2S. The Kier molecular flexibility index (Phi) is 3.76. The Balaban J connectivity index is 1.61. The monoisotopic (exact) mass is 438 g/mol. The summed E-state index contributed by atoms with van der Waals surface area (Å²) >= 11 is 1.16. The Morgan fingerprint density at radius 3 is 3.00 bits per heavy atom. The molecule has 0 aliphatic heterocycles. The molecule has 0 atom stereocenters. The number of anilines is 1. The van der Waals surface area contributed by atoms with E-state index >= 15 is 0 Å². The SMILES string of the molecule is [2H]C([2H])([2H])N(C)C(=O)c1cc(-c2cc(NC3CC3)n3ncc(/C=c4\[nH]c(=O)[nH]c4=C)c3n2)cs1. The van der Waals surface area contributed by atoms with Crippen molar-refractivity contribution in [1.82, 2.24) is 29.5 Å². The maximum atomic E-state index is 12.6. The van der Waals surface area contributed by atoms with Gasteiger partial charge in [0.2, 0.25) is 0 Å². The molecule has 0 radical (unpaired) electrons. The minimum Gasteiger partial charge on any atom is -0.367 e. The van der Waals surface area contributed by atoms with Gasteiger partial charge in [0.05, 0.1) is 27.5 Å². The van der Waals surface area contributed by atoms with Crippen LogP contribution in [0, 0.1) is 0 Å². The molecule has 0 saturated heterocycles. The number of hydrogen-bond acceptors (Lipinski definition) is 6. The summed E-state index contributed by atoms with van der Waals surface area (Å²) in [4.78, 5) is 35.3. The molecule has 10 heteroatoms. The largest absolute Gasteiger partial charge is 0.367 e. The number of thiophene rings is 1. The smallest absolute Gasteiger partial charge is 0.323 e. The van der Waals surface area contributed by atoms with Gasteiger partial charge >= 0.3 is 5.69 Å². The molecule has 9 nitrogen and oxygen atoms in total. The Morgan fingerprint density at radius 2 is 2.29 bits per heavy atom. The summed E-state index contributed by atoms with van der Waals surface area (Å²) < 4.78 is 24.1. The van der Waals surface area contributed by atoms with Crippen molar-refractivity contribution in [2.24, 2.45) is 0 Å². The number of imidazole rings is 1. The van der Waals surface area contributed by atoms with Crippen molar-refractivity contribution in [2.75, 3.05) is 19.3 Å². The van der Waals surface area contributed by atoms with E-state index in [1.807, 2.05) is 6.07 Å². The average Bonchev–Trinajstić information content (AvgIpc) is 3.17. The number of nitrogens with zero attached hydrogens (tertiary/aromatic N) is 4. The predicted octanol–water partition coefficient (Wildman–Crippen LogP) is 0.989. The lowest BCUT2D eigenvalue weighted by Crippen LogP contribution is -2.22. The van der Waals surface area contributed by atoms with E-state index in [1.165, 1.54) is 7.05 Å². The second-order valence-corrected chi connectivity index (χ2v) is 8.37. The summed E-state index contributed by atoms with van der Waals surface area (Å²) in [6.07, 6.45) is 5.53.